The van der Waals surface area contributed by atoms with Gasteiger partial charge in [-0.15, -0.1) is 0 Å². The molecule has 0 aromatic heterocycles. The highest BCUT2D eigenvalue weighted by molar-refractivity contribution is 6.35. The molecule has 0 bridgehead atoms. The zero-order valence-electron chi connectivity index (χ0n) is 17.6. The number of hydrogen-bond acceptors (Lipinski definition) is 2. The SMILES string of the molecule is CCCCCCCCCN1CCC(F)(CNC(=O)C2=CC(Cl)=CC(Cl)=CC2)CC1. The van der Waals surface area contributed by atoms with Crippen molar-refractivity contribution in [2.45, 2.75) is 76.8 Å². The minimum Gasteiger partial charge on any atom is -0.349 e. The molecule has 1 aliphatic carbocycles. The summed E-state index contributed by atoms with van der Waals surface area (Å²) in [6, 6.07) is 0. The molecule has 0 saturated carbocycles. The number of rotatable bonds is 11. The van der Waals surface area contributed by atoms with E-state index in [-0.39, 0.29) is 12.5 Å². The fraction of sp³-hybridized carbons (Fsp3) is 0.696. The molecule has 29 heavy (non-hydrogen) atoms. The summed E-state index contributed by atoms with van der Waals surface area (Å²) in [5, 5.41) is 3.67. The maximum Gasteiger partial charge on any atom is 0.247 e. The van der Waals surface area contributed by atoms with Crippen LogP contribution in [0.2, 0.25) is 0 Å². The predicted molar refractivity (Wildman–Crippen MR) is 121 cm³/mol. The highest BCUT2D eigenvalue weighted by Crippen LogP contribution is 2.27. The topological polar surface area (TPSA) is 32.3 Å². The number of piperidine rings is 1. The first-order valence-electron chi connectivity index (χ1n) is 11.0. The number of halogens is 3. The van der Waals surface area contributed by atoms with Gasteiger partial charge < -0.3 is 10.2 Å². The van der Waals surface area contributed by atoms with E-state index in [2.05, 4.69) is 17.1 Å². The van der Waals surface area contributed by atoms with Gasteiger partial charge in [0.15, 0.2) is 0 Å². The minimum absolute atomic E-state index is 0.0488. The van der Waals surface area contributed by atoms with Crippen LogP contribution in [0.3, 0.4) is 0 Å². The van der Waals surface area contributed by atoms with Gasteiger partial charge >= 0.3 is 0 Å². The molecule has 0 aromatic carbocycles. The van der Waals surface area contributed by atoms with E-state index in [4.69, 9.17) is 23.2 Å². The van der Waals surface area contributed by atoms with Crippen LogP contribution in [-0.4, -0.2) is 42.7 Å². The van der Waals surface area contributed by atoms with E-state index < -0.39 is 5.67 Å². The molecule has 1 heterocycles. The quantitative estimate of drug-likeness (QED) is 0.382. The van der Waals surface area contributed by atoms with Crippen LogP contribution in [0.25, 0.3) is 0 Å². The molecule has 0 aromatic rings. The van der Waals surface area contributed by atoms with E-state index in [1.54, 1.807) is 18.2 Å². The Bertz CT molecular complexity index is 622. The van der Waals surface area contributed by atoms with Gasteiger partial charge in [-0.1, -0.05) is 74.7 Å². The largest absolute Gasteiger partial charge is 0.349 e. The van der Waals surface area contributed by atoms with Gasteiger partial charge in [-0.3, -0.25) is 4.79 Å². The lowest BCUT2D eigenvalue weighted by Crippen LogP contribution is -2.48. The second kappa shape index (κ2) is 12.8. The molecule has 0 spiro atoms. The van der Waals surface area contributed by atoms with Gasteiger partial charge in [0.2, 0.25) is 5.91 Å². The third-order valence-corrected chi connectivity index (χ3v) is 6.27. The molecule has 2 aliphatic rings. The Morgan fingerprint density at radius 1 is 1.07 bits per heavy atom. The van der Waals surface area contributed by atoms with Gasteiger partial charge in [-0.2, -0.15) is 0 Å². The summed E-state index contributed by atoms with van der Waals surface area (Å²) >= 11 is 12.0. The average Bonchev–Trinajstić information content (AvgIpc) is 2.87. The second-order valence-electron chi connectivity index (χ2n) is 8.29. The lowest BCUT2D eigenvalue weighted by Gasteiger charge is -2.36. The monoisotopic (exact) mass is 444 g/mol. The summed E-state index contributed by atoms with van der Waals surface area (Å²) in [6.45, 7) is 4.87. The Balaban J connectivity index is 1.65. The molecule has 1 N–H and O–H groups in total. The van der Waals surface area contributed by atoms with Crippen LogP contribution in [0.1, 0.15) is 71.1 Å². The molecule has 1 saturated heterocycles. The number of amides is 1. The number of nitrogens with one attached hydrogen (secondary N) is 1. The van der Waals surface area contributed by atoms with Gasteiger partial charge in [0.1, 0.15) is 5.67 Å². The van der Waals surface area contributed by atoms with Crippen molar-refractivity contribution >= 4 is 29.1 Å². The van der Waals surface area contributed by atoms with Crippen molar-refractivity contribution in [1.82, 2.24) is 10.2 Å². The lowest BCUT2D eigenvalue weighted by molar-refractivity contribution is -0.118. The van der Waals surface area contributed by atoms with Crippen molar-refractivity contribution in [2.75, 3.05) is 26.2 Å². The third kappa shape index (κ3) is 9.23. The van der Waals surface area contributed by atoms with Crippen LogP contribution < -0.4 is 5.32 Å². The van der Waals surface area contributed by atoms with Gasteiger partial charge in [-0.25, -0.2) is 4.39 Å². The summed E-state index contributed by atoms with van der Waals surface area (Å²) in [6.07, 6.45) is 15.3. The zero-order chi connectivity index (χ0) is 21.1. The minimum atomic E-state index is -1.33. The number of alkyl halides is 1. The summed E-state index contributed by atoms with van der Waals surface area (Å²) in [4.78, 5) is 14.8. The Morgan fingerprint density at radius 3 is 2.41 bits per heavy atom. The van der Waals surface area contributed by atoms with E-state index in [1.807, 2.05) is 0 Å². The Morgan fingerprint density at radius 2 is 1.72 bits per heavy atom. The fourth-order valence-electron chi connectivity index (χ4n) is 3.82. The Hall–Kier alpha value is -0.840. The molecule has 1 aliphatic heterocycles. The van der Waals surface area contributed by atoms with E-state index in [0.29, 0.717) is 34.9 Å². The number of allylic oxidation sites excluding steroid dienone is 5. The first-order chi connectivity index (χ1) is 13.9. The number of carbonyl (C=O) groups excluding carboxylic acids is 1. The highest BCUT2D eigenvalue weighted by Gasteiger charge is 2.34. The van der Waals surface area contributed by atoms with Crippen LogP contribution in [0.5, 0.6) is 0 Å². The molecule has 0 radical (unpaired) electrons. The third-order valence-electron chi connectivity index (χ3n) is 5.79. The van der Waals surface area contributed by atoms with Crippen molar-refractivity contribution in [3.05, 3.63) is 33.9 Å². The molecule has 6 heteroatoms. The van der Waals surface area contributed by atoms with Crippen LogP contribution in [-0.2, 0) is 4.79 Å². The van der Waals surface area contributed by atoms with E-state index >= 15 is 4.39 Å². The Kier molecular flexibility index (Phi) is 10.8. The molecular formula is C23H35Cl2FN2O. The summed E-state index contributed by atoms with van der Waals surface area (Å²) in [5.41, 5.74) is -0.827. The molecule has 0 atom stereocenters. The van der Waals surface area contributed by atoms with Crippen LogP contribution in [0, 0.1) is 0 Å². The summed E-state index contributed by atoms with van der Waals surface area (Å²) in [7, 11) is 0. The average molecular weight is 445 g/mol. The van der Waals surface area contributed by atoms with E-state index in [1.165, 1.54) is 44.9 Å². The van der Waals surface area contributed by atoms with Crippen molar-refractivity contribution in [2.24, 2.45) is 0 Å². The normalized spacial score (nSPS) is 19.8. The number of hydrogen-bond donors (Lipinski definition) is 1. The standard InChI is InChI=1S/C23H35Cl2FN2O/c1-2-3-4-5-6-7-8-13-28-14-11-23(26,12-15-28)18-27-22(29)19-9-10-20(24)17-21(25)16-19/h10,16-17H,2-9,11-15,18H2,1H3,(H,27,29). The number of carbonyl (C=O) groups is 1. The zero-order valence-corrected chi connectivity index (χ0v) is 19.1. The fourth-order valence-corrected chi connectivity index (χ4v) is 4.32. The maximum atomic E-state index is 15.1. The second-order valence-corrected chi connectivity index (χ2v) is 9.16. The van der Waals surface area contributed by atoms with Crippen LogP contribution in [0.15, 0.2) is 33.9 Å². The summed E-state index contributed by atoms with van der Waals surface area (Å²) in [5.74, 6) is -0.276. The maximum absolute atomic E-state index is 15.1. The molecule has 2 rings (SSSR count). The molecule has 0 unspecified atom stereocenters. The van der Waals surface area contributed by atoms with Gasteiger partial charge in [0, 0.05) is 28.7 Å². The molecular weight excluding hydrogens is 410 g/mol. The first kappa shape index (κ1) is 24.4. The molecule has 164 valence electrons. The van der Waals surface area contributed by atoms with Crippen molar-refractivity contribution in [1.29, 1.82) is 0 Å². The molecule has 1 fully saturated rings. The number of unbranched alkanes of at least 4 members (excludes halogenated alkanes) is 6. The number of nitrogens with zero attached hydrogens (tertiary/aromatic N) is 1. The number of likely N-dealkylation sites (tertiary alicyclic amines) is 1. The van der Waals surface area contributed by atoms with Crippen LogP contribution in [0.4, 0.5) is 4.39 Å². The van der Waals surface area contributed by atoms with Crippen LogP contribution >= 0.6 is 23.2 Å². The highest BCUT2D eigenvalue weighted by atomic mass is 35.5. The van der Waals surface area contributed by atoms with Gasteiger partial charge in [0.05, 0.1) is 6.54 Å². The van der Waals surface area contributed by atoms with E-state index in [0.717, 1.165) is 19.6 Å². The molecule has 1 amide bonds. The lowest BCUT2D eigenvalue weighted by atomic mass is 9.93. The van der Waals surface area contributed by atoms with Gasteiger partial charge in [0.25, 0.3) is 0 Å². The van der Waals surface area contributed by atoms with Crippen molar-refractivity contribution < 1.29 is 9.18 Å². The summed E-state index contributed by atoms with van der Waals surface area (Å²) < 4.78 is 15.1. The smallest absolute Gasteiger partial charge is 0.247 e. The van der Waals surface area contributed by atoms with Gasteiger partial charge in [-0.05, 0) is 44.4 Å². The van der Waals surface area contributed by atoms with Crippen molar-refractivity contribution in [3.63, 3.8) is 0 Å². The Labute approximate surface area is 185 Å². The predicted octanol–water partition coefficient (Wildman–Crippen LogP) is 6.23. The van der Waals surface area contributed by atoms with Crippen molar-refractivity contribution in [3.8, 4) is 0 Å². The van der Waals surface area contributed by atoms with E-state index in [9.17, 15) is 4.79 Å². The first-order valence-corrected chi connectivity index (χ1v) is 11.8. The molecule has 3 nitrogen and oxygen atoms in total.